The Morgan fingerprint density at radius 3 is 2.79 bits per heavy atom. The minimum Gasteiger partial charge on any atom is -0.352 e. The first-order chi connectivity index (χ1) is 11.7. The molecule has 1 aromatic carbocycles. The first-order valence-corrected chi connectivity index (χ1v) is 8.69. The number of benzene rings is 1. The van der Waals surface area contributed by atoms with Crippen molar-refractivity contribution in [2.24, 2.45) is 0 Å². The van der Waals surface area contributed by atoms with Gasteiger partial charge in [0.15, 0.2) is 0 Å². The minimum atomic E-state index is 0.0750. The molecule has 6 nitrogen and oxygen atoms in total. The van der Waals surface area contributed by atoms with Crippen molar-refractivity contribution in [2.75, 3.05) is 0 Å². The number of nitrogens with zero attached hydrogens (tertiary/aromatic N) is 4. The van der Waals surface area contributed by atoms with Crippen LogP contribution in [0.5, 0.6) is 0 Å². The average Bonchev–Trinajstić information content (AvgIpc) is 2.99. The molecule has 24 heavy (non-hydrogen) atoms. The van der Waals surface area contributed by atoms with E-state index in [2.05, 4.69) is 39.9 Å². The predicted molar refractivity (Wildman–Crippen MR) is 91.2 cm³/mol. The number of aromatic nitrogens is 4. The molecule has 0 saturated heterocycles. The van der Waals surface area contributed by atoms with E-state index in [-0.39, 0.29) is 11.9 Å². The normalized spacial score (nSPS) is 19.2. The van der Waals surface area contributed by atoms with E-state index >= 15 is 0 Å². The quantitative estimate of drug-likeness (QED) is 0.774. The van der Waals surface area contributed by atoms with Crippen LogP contribution in [-0.2, 0) is 11.2 Å². The van der Waals surface area contributed by atoms with Gasteiger partial charge in [0.1, 0.15) is 6.33 Å². The second kappa shape index (κ2) is 6.16. The lowest BCUT2D eigenvalue weighted by Crippen LogP contribution is -2.28. The van der Waals surface area contributed by atoms with E-state index < -0.39 is 0 Å². The number of rotatable bonds is 5. The van der Waals surface area contributed by atoms with Gasteiger partial charge in [-0.15, -0.1) is 16.4 Å². The summed E-state index contributed by atoms with van der Waals surface area (Å²) in [7, 11) is 0. The predicted octanol–water partition coefficient (Wildman–Crippen LogP) is 2.25. The summed E-state index contributed by atoms with van der Waals surface area (Å²) in [5, 5.41) is 14.2. The average molecular weight is 339 g/mol. The fraction of sp³-hybridized carbons (Fsp3) is 0.294. The van der Waals surface area contributed by atoms with Crippen LogP contribution >= 0.6 is 11.3 Å². The van der Waals surface area contributed by atoms with Gasteiger partial charge in [-0.1, -0.05) is 12.1 Å². The van der Waals surface area contributed by atoms with E-state index in [4.69, 9.17) is 0 Å². The molecule has 1 fully saturated rings. The van der Waals surface area contributed by atoms with Crippen LogP contribution in [0, 0.1) is 6.92 Å². The van der Waals surface area contributed by atoms with Gasteiger partial charge < -0.3 is 5.32 Å². The molecule has 0 spiro atoms. The van der Waals surface area contributed by atoms with Gasteiger partial charge in [0, 0.05) is 21.7 Å². The zero-order valence-electron chi connectivity index (χ0n) is 13.2. The smallest absolute Gasteiger partial charge is 0.224 e. The summed E-state index contributed by atoms with van der Waals surface area (Å²) < 4.78 is 1.58. The Bertz CT molecular complexity index is 840. The summed E-state index contributed by atoms with van der Waals surface area (Å²) in [6.07, 6.45) is 2.98. The van der Waals surface area contributed by atoms with Crippen LogP contribution in [0.4, 0.5) is 0 Å². The Kier molecular flexibility index (Phi) is 3.86. The Balaban J connectivity index is 1.32. The first-order valence-electron chi connectivity index (χ1n) is 7.87. The topological polar surface area (TPSA) is 72.7 Å². The van der Waals surface area contributed by atoms with Crippen molar-refractivity contribution < 1.29 is 4.79 Å². The number of aryl methyl sites for hydroxylation is 1. The summed E-state index contributed by atoms with van der Waals surface area (Å²) in [6, 6.07) is 12.3. The molecule has 1 saturated carbocycles. The van der Waals surface area contributed by atoms with Crippen LogP contribution in [0.3, 0.4) is 0 Å². The minimum absolute atomic E-state index is 0.0750. The van der Waals surface area contributed by atoms with Crippen molar-refractivity contribution in [3.63, 3.8) is 0 Å². The van der Waals surface area contributed by atoms with E-state index in [0.717, 1.165) is 17.7 Å². The van der Waals surface area contributed by atoms with Crippen LogP contribution in [0.15, 0.2) is 42.7 Å². The number of hydrogen-bond acceptors (Lipinski definition) is 5. The third-order valence-corrected chi connectivity index (χ3v) is 5.31. The third-order valence-electron chi connectivity index (χ3n) is 4.18. The maximum absolute atomic E-state index is 12.2. The van der Waals surface area contributed by atoms with Gasteiger partial charge in [-0.05, 0) is 53.6 Å². The van der Waals surface area contributed by atoms with E-state index in [1.54, 1.807) is 11.0 Å². The Morgan fingerprint density at radius 1 is 1.29 bits per heavy atom. The van der Waals surface area contributed by atoms with E-state index in [1.807, 2.05) is 35.6 Å². The van der Waals surface area contributed by atoms with Crippen molar-refractivity contribution in [1.29, 1.82) is 0 Å². The third kappa shape index (κ3) is 3.21. The van der Waals surface area contributed by atoms with Gasteiger partial charge in [0.25, 0.3) is 0 Å². The molecule has 2 heterocycles. The maximum Gasteiger partial charge on any atom is 0.224 e. The van der Waals surface area contributed by atoms with Crippen molar-refractivity contribution in [1.82, 2.24) is 25.5 Å². The van der Waals surface area contributed by atoms with Crippen LogP contribution in [0.25, 0.3) is 5.69 Å². The molecule has 1 N–H and O–H groups in total. The first kappa shape index (κ1) is 15.0. The molecule has 122 valence electrons. The molecule has 4 rings (SSSR count). The van der Waals surface area contributed by atoms with Crippen molar-refractivity contribution in [3.8, 4) is 5.69 Å². The second-order valence-corrected chi connectivity index (χ2v) is 7.38. The van der Waals surface area contributed by atoms with E-state index in [0.29, 0.717) is 12.3 Å². The van der Waals surface area contributed by atoms with Gasteiger partial charge in [0.05, 0.1) is 12.1 Å². The van der Waals surface area contributed by atoms with Crippen LogP contribution in [0.2, 0.25) is 0 Å². The highest BCUT2D eigenvalue weighted by Gasteiger charge is 2.40. The highest BCUT2D eigenvalue weighted by Crippen LogP contribution is 2.43. The summed E-state index contributed by atoms with van der Waals surface area (Å²) >= 11 is 1.82. The summed E-state index contributed by atoms with van der Waals surface area (Å²) in [4.78, 5) is 14.9. The van der Waals surface area contributed by atoms with E-state index in [9.17, 15) is 4.79 Å². The number of carbonyl (C=O) groups is 1. The highest BCUT2D eigenvalue weighted by molar-refractivity contribution is 7.12. The van der Waals surface area contributed by atoms with Gasteiger partial charge in [0.2, 0.25) is 5.91 Å². The maximum atomic E-state index is 12.2. The molecule has 7 heteroatoms. The lowest BCUT2D eigenvalue weighted by Gasteiger charge is -2.05. The molecular weight excluding hydrogens is 322 g/mol. The molecule has 1 aliphatic rings. The SMILES string of the molecule is Cc1ccc(C2CC2NC(=O)Cc2ccc(-n3cnnn3)cc2)s1. The highest BCUT2D eigenvalue weighted by atomic mass is 32.1. The summed E-state index contributed by atoms with van der Waals surface area (Å²) in [6.45, 7) is 2.11. The van der Waals surface area contributed by atoms with Gasteiger partial charge in [-0.25, -0.2) is 4.68 Å². The fourth-order valence-corrected chi connectivity index (χ4v) is 3.87. The molecule has 0 radical (unpaired) electrons. The monoisotopic (exact) mass is 339 g/mol. The second-order valence-electron chi connectivity index (χ2n) is 6.06. The molecule has 3 aromatic rings. The molecule has 2 unspecified atom stereocenters. The number of nitrogens with one attached hydrogen (secondary N) is 1. The Hall–Kier alpha value is -2.54. The fourth-order valence-electron chi connectivity index (χ4n) is 2.81. The molecule has 2 atom stereocenters. The zero-order valence-corrected chi connectivity index (χ0v) is 14.0. The largest absolute Gasteiger partial charge is 0.352 e. The van der Waals surface area contributed by atoms with Crippen LogP contribution < -0.4 is 5.32 Å². The Labute approximate surface area is 143 Å². The zero-order chi connectivity index (χ0) is 16.5. The Morgan fingerprint density at radius 2 is 2.12 bits per heavy atom. The van der Waals surface area contributed by atoms with Gasteiger partial charge in [-0.2, -0.15) is 0 Å². The van der Waals surface area contributed by atoms with Crippen molar-refractivity contribution >= 4 is 17.2 Å². The van der Waals surface area contributed by atoms with E-state index in [1.165, 1.54) is 9.75 Å². The molecule has 0 aliphatic heterocycles. The lowest BCUT2D eigenvalue weighted by atomic mass is 10.1. The van der Waals surface area contributed by atoms with Gasteiger partial charge in [-0.3, -0.25) is 4.79 Å². The molecule has 1 amide bonds. The lowest BCUT2D eigenvalue weighted by molar-refractivity contribution is -0.120. The number of carbonyl (C=O) groups excluding carboxylic acids is 1. The molecule has 0 bridgehead atoms. The number of thiophene rings is 1. The summed E-state index contributed by atoms with van der Waals surface area (Å²) in [5.74, 6) is 0.570. The standard InChI is InChI=1S/C17H17N5OS/c1-11-2-7-16(24-11)14-9-15(14)19-17(23)8-12-3-5-13(6-4-12)22-10-18-20-21-22/h2-7,10,14-15H,8-9H2,1H3,(H,19,23). The van der Waals surface area contributed by atoms with Crippen LogP contribution in [0.1, 0.15) is 27.7 Å². The number of hydrogen-bond donors (Lipinski definition) is 1. The summed E-state index contributed by atoms with van der Waals surface area (Å²) in [5.41, 5.74) is 1.85. The van der Waals surface area contributed by atoms with Crippen molar-refractivity contribution in [2.45, 2.75) is 31.7 Å². The molecule has 1 aliphatic carbocycles. The van der Waals surface area contributed by atoms with Crippen LogP contribution in [-0.4, -0.2) is 32.2 Å². The molecular formula is C17H17N5OS. The van der Waals surface area contributed by atoms with Gasteiger partial charge >= 0.3 is 0 Å². The van der Waals surface area contributed by atoms with Crippen molar-refractivity contribution in [3.05, 3.63) is 58.0 Å². The number of tetrazole rings is 1. The number of amides is 1. The molecule has 2 aromatic heterocycles.